The molecule has 0 unspecified atom stereocenters. The summed E-state index contributed by atoms with van der Waals surface area (Å²) in [6.45, 7) is 2.11. The molecule has 1 heterocycles. The van der Waals surface area contributed by atoms with Crippen molar-refractivity contribution in [2.24, 2.45) is 5.73 Å². The van der Waals surface area contributed by atoms with Crippen molar-refractivity contribution < 1.29 is 14.3 Å². The SMILES string of the molecule is NC(=O)CN1CCC(NC(=O)CCOc2ccccc2Cl)CC1. The topological polar surface area (TPSA) is 84.7 Å². The summed E-state index contributed by atoms with van der Waals surface area (Å²) in [6.07, 6.45) is 1.93. The van der Waals surface area contributed by atoms with Crippen LogP contribution in [0.5, 0.6) is 5.75 Å². The van der Waals surface area contributed by atoms with Crippen LogP contribution >= 0.6 is 11.6 Å². The Hall–Kier alpha value is -1.79. The second kappa shape index (κ2) is 8.74. The molecule has 2 rings (SSSR count). The van der Waals surface area contributed by atoms with Gasteiger partial charge in [-0.1, -0.05) is 23.7 Å². The lowest BCUT2D eigenvalue weighted by atomic mass is 10.0. The number of ether oxygens (including phenoxy) is 1. The predicted molar refractivity (Wildman–Crippen MR) is 88.4 cm³/mol. The molecule has 0 aromatic heterocycles. The Labute approximate surface area is 140 Å². The molecule has 1 aromatic rings. The number of hydrogen-bond donors (Lipinski definition) is 2. The summed E-state index contributed by atoms with van der Waals surface area (Å²) in [5.41, 5.74) is 5.18. The summed E-state index contributed by atoms with van der Waals surface area (Å²) in [4.78, 5) is 24.8. The molecule has 1 aliphatic heterocycles. The van der Waals surface area contributed by atoms with E-state index < -0.39 is 0 Å². The average molecular weight is 340 g/mol. The van der Waals surface area contributed by atoms with Crippen molar-refractivity contribution in [2.45, 2.75) is 25.3 Å². The van der Waals surface area contributed by atoms with Crippen LogP contribution < -0.4 is 15.8 Å². The van der Waals surface area contributed by atoms with Gasteiger partial charge in [-0.25, -0.2) is 0 Å². The Balaban J connectivity index is 1.64. The van der Waals surface area contributed by atoms with Crippen LogP contribution in [-0.2, 0) is 9.59 Å². The Kier molecular flexibility index (Phi) is 6.67. The van der Waals surface area contributed by atoms with Gasteiger partial charge in [-0.2, -0.15) is 0 Å². The average Bonchev–Trinajstić information content (AvgIpc) is 2.51. The molecule has 0 aliphatic carbocycles. The molecule has 1 aromatic carbocycles. The summed E-state index contributed by atoms with van der Waals surface area (Å²) in [5.74, 6) is 0.233. The lowest BCUT2D eigenvalue weighted by Gasteiger charge is -2.31. The third-order valence-corrected chi connectivity index (χ3v) is 4.07. The fourth-order valence-corrected chi connectivity index (χ4v) is 2.76. The number of nitrogens with zero attached hydrogens (tertiary/aromatic N) is 1. The van der Waals surface area contributed by atoms with Gasteiger partial charge in [0.05, 0.1) is 24.6 Å². The zero-order valence-electron chi connectivity index (χ0n) is 13.0. The minimum atomic E-state index is -0.316. The third kappa shape index (κ3) is 6.08. The van der Waals surface area contributed by atoms with E-state index in [-0.39, 0.29) is 37.4 Å². The minimum absolute atomic E-state index is 0.0367. The van der Waals surface area contributed by atoms with Crippen LogP contribution in [0.25, 0.3) is 0 Å². The second-order valence-electron chi connectivity index (χ2n) is 5.61. The first-order valence-electron chi connectivity index (χ1n) is 7.72. The molecule has 126 valence electrons. The van der Waals surface area contributed by atoms with Crippen LogP contribution in [0.3, 0.4) is 0 Å². The van der Waals surface area contributed by atoms with Gasteiger partial charge >= 0.3 is 0 Å². The largest absolute Gasteiger partial charge is 0.491 e. The van der Waals surface area contributed by atoms with Crippen molar-refractivity contribution in [3.63, 3.8) is 0 Å². The van der Waals surface area contributed by atoms with Crippen molar-refractivity contribution >= 4 is 23.4 Å². The van der Waals surface area contributed by atoms with Gasteiger partial charge in [0.2, 0.25) is 11.8 Å². The number of para-hydroxylation sites is 1. The Morgan fingerprint density at radius 2 is 2.00 bits per heavy atom. The molecule has 1 aliphatic rings. The molecule has 0 bridgehead atoms. The van der Waals surface area contributed by atoms with Gasteiger partial charge < -0.3 is 15.8 Å². The highest BCUT2D eigenvalue weighted by Crippen LogP contribution is 2.23. The van der Waals surface area contributed by atoms with E-state index in [1.54, 1.807) is 12.1 Å². The van der Waals surface area contributed by atoms with E-state index in [2.05, 4.69) is 5.32 Å². The van der Waals surface area contributed by atoms with Gasteiger partial charge in [-0.3, -0.25) is 14.5 Å². The molecule has 6 nitrogen and oxygen atoms in total. The number of benzene rings is 1. The fraction of sp³-hybridized carbons (Fsp3) is 0.500. The maximum Gasteiger partial charge on any atom is 0.231 e. The summed E-state index contributed by atoms with van der Waals surface area (Å²) >= 11 is 5.98. The molecule has 0 saturated carbocycles. The number of halogens is 1. The summed E-state index contributed by atoms with van der Waals surface area (Å²) in [6, 6.07) is 7.33. The maximum atomic E-state index is 11.9. The van der Waals surface area contributed by atoms with Gasteiger partial charge in [0.1, 0.15) is 5.75 Å². The number of hydrogen-bond acceptors (Lipinski definition) is 4. The van der Waals surface area contributed by atoms with Crippen LogP contribution in [0.2, 0.25) is 5.02 Å². The maximum absolute atomic E-state index is 11.9. The number of nitrogens with one attached hydrogen (secondary N) is 1. The summed E-state index contributed by atoms with van der Waals surface area (Å²) in [5, 5.41) is 3.54. The van der Waals surface area contributed by atoms with E-state index in [9.17, 15) is 9.59 Å². The van der Waals surface area contributed by atoms with Gasteiger partial charge in [0.25, 0.3) is 0 Å². The zero-order valence-corrected chi connectivity index (χ0v) is 13.7. The monoisotopic (exact) mass is 339 g/mol. The van der Waals surface area contributed by atoms with Crippen LogP contribution in [0.1, 0.15) is 19.3 Å². The van der Waals surface area contributed by atoms with Crippen LogP contribution in [0.4, 0.5) is 0 Å². The Bertz CT molecular complexity index is 545. The fourth-order valence-electron chi connectivity index (χ4n) is 2.57. The number of piperidine rings is 1. The van der Waals surface area contributed by atoms with Crippen LogP contribution in [-0.4, -0.2) is 49.0 Å². The summed E-state index contributed by atoms with van der Waals surface area (Å²) < 4.78 is 5.51. The third-order valence-electron chi connectivity index (χ3n) is 3.76. The highest BCUT2D eigenvalue weighted by Gasteiger charge is 2.21. The molecule has 1 fully saturated rings. The van der Waals surface area contributed by atoms with E-state index in [1.807, 2.05) is 17.0 Å². The number of rotatable bonds is 7. The first kappa shape index (κ1) is 17.6. The molecule has 2 amide bonds. The molecule has 0 atom stereocenters. The van der Waals surface area contributed by atoms with Crippen molar-refractivity contribution in [3.8, 4) is 5.75 Å². The zero-order chi connectivity index (χ0) is 16.7. The van der Waals surface area contributed by atoms with Crippen LogP contribution in [0.15, 0.2) is 24.3 Å². The molecule has 3 N–H and O–H groups in total. The Morgan fingerprint density at radius 3 is 2.65 bits per heavy atom. The highest BCUT2D eigenvalue weighted by atomic mass is 35.5. The lowest BCUT2D eigenvalue weighted by Crippen LogP contribution is -2.46. The Morgan fingerprint density at radius 1 is 1.30 bits per heavy atom. The van der Waals surface area contributed by atoms with Crippen molar-refractivity contribution in [3.05, 3.63) is 29.3 Å². The number of primary amides is 1. The van der Waals surface area contributed by atoms with Crippen molar-refractivity contribution in [1.82, 2.24) is 10.2 Å². The predicted octanol–water partition coefficient (Wildman–Crippen LogP) is 1.17. The highest BCUT2D eigenvalue weighted by molar-refractivity contribution is 6.32. The van der Waals surface area contributed by atoms with E-state index in [0.717, 1.165) is 25.9 Å². The summed E-state index contributed by atoms with van der Waals surface area (Å²) in [7, 11) is 0. The number of likely N-dealkylation sites (tertiary alicyclic amines) is 1. The number of nitrogens with two attached hydrogens (primary N) is 1. The van der Waals surface area contributed by atoms with Gasteiger partial charge in [-0.05, 0) is 25.0 Å². The van der Waals surface area contributed by atoms with Gasteiger partial charge in [-0.15, -0.1) is 0 Å². The van der Waals surface area contributed by atoms with Gasteiger partial charge in [0.15, 0.2) is 0 Å². The molecular formula is C16H22ClN3O3. The van der Waals surface area contributed by atoms with E-state index in [0.29, 0.717) is 10.8 Å². The first-order chi connectivity index (χ1) is 11.0. The number of amides is 2. The molecular weight excluding hydrogens is 318 g/mol. The second-order valence-corrected chi connectivity index (χ2v) is 6.02. The molecule has 0 spiro atoms. The minimum Gasteiger partial charge on any atom is -0.491 e. The number of carbonyl (C=O) groups is 2. The lowest BCUT2D eigenvalue weighted by molar-refractivity contribution is -0.123. The molecule has 0 radical (unpaired) electrons. The molecule has 23 heavy (non-hydrogen) atoms. The first-order valence-corrected chi connectivity index (χ1v) is 8.09. The van der Waals surface area contributed by atoms with Crippen molar-refractivity contribution in [1.29, 1.82) is 0 Å². The van der Waals surface area contributed by atoms with E-state index >= 15 is 0 Å². The van der Waals surface area contributed by atoms with Crippen LogP contribution in [0, 0.1) is 0 Å². The standard InChI is InChI=1S/C16H22ClN3O3/c17-13-3-1-2-4-14(13)23-10-7-16(22)19-12-5-8-20(9-6-12)11-15(18)21/h1-4,12H,5-11H2,(H2,18,21)(H,19,22). The number of carbonyl (C=O) groups excluding carboxylic acids is 2. The normalized spacial score (nSPS) is 16.0. The van der Waals surface area contributed by atoms with E-state index in [1.165, 1.54) is 0 Å². The van der Waals surface area contributed by atoms with E-state index in [4.69, 9.17) is 22.1 Å². The van der Waals surface area contributed by atoms with Crippen molar-refractivity contribution in [2.75, 3.05) is 26.2 Å². The quantitative estimate of drug-likeness (QED) is 0.781. The van der Waals surface area contributed by atoms with Gasteiger partial charge in [0, 0.05) is 19.1 Å². The smallest absolute Gasteiger partial charge is 0.231 e. The molecule has 7 heteroatoms. The molecule has 1 saturated heterocycles.